The fraction of sp³-hybridized carbons (Fsp3) is 0. The van der Waals surface area contributed by atoms with E-state index in [0.717, 1.165) is 44.8 Å². The molecule has 5 nitrogen and oxygen atoms in total. The fourth-order valence-electron chi connectivity index (χ4n) is 2.94. The van der Waals surface area contributed by atoms with Crippen molar-refractivity contribution in [3.05, 3.63) is 77.5 Å². The third-order valence-corrected chi connectivity index (χ3v) is 4.04. The van der Waals surface area contributed by atoms with Crippen LogP contribution in [-0.2, 0) is 19.5 Å². The number of fused-ring (bicyclic) bond motifs is 8. The largest absolute Gasteiger partial charge is 0.693 e. The van der Waals surface area contributed by atoms with Crippen LogP contribution in [0.5, 0.6) is 0 Å². The minimum atomic E-state index is 0. The molecule has 0 unspecified atom stereocenters. The minimum absolute atomic E-state index is 0. The summed E-state index contributed by atoms with van der Waals surface area (Å²) in [5.41, 5.74) is 7.86. The van der Waals surface area contributed by atoms with Gasteiger partial charge in [0.25, 0.3) is 0 Å². The molecule has 6 heteroatoms. The topological polar surface area (TPSA) is 90.9 Å². The molecule has 3 aromatic rings. The molecule has 5 heterocycles. The second-order valence-electron chi connectivity index (χ2n) is 5.91. The van der Waals surface area contributed by atoms with E-state index < -0.39 is 0 Å². The van der Waals surface area contributed by atoms with E-state index in [4.69, 9.17) is 0 Å². The molecular formula is C20H16N5Zn-. The zero-order valence-corrected chi connectivity index (χ0v) is 17.1. The van der Waals surface area contributed by atoms with Gasteiger partial charge in [0.05, 0.1) is 22.8 Å². The summed E-state index contributed by atoms with van der Waals surface area (Å²) < 4.78 is 0. The van der Waals surface area contributed by atoms with Gasteiger partial charge in [0.1, 0.15) is 0 Å². The van der Waals surface area contributed by atoms with Gasteiger partial charge in [0.2, 0.25) is 0 Å². The molecule has 3 aromatic heterocycles. The minimum Gasteiger partial charge on any atom is -0.693 e. The number of rotatable bonds is 0. The first-order valence-electron chi connectivity index (χ1n) is 7.85. The van der Waals surface area contributed by atoms with Gasteiger partial charge in [-0.3, -0.25) is 0 Å². The number of hydrogen-bond acceptors (Lipinski definition) is 2. The van der Waals surface area contributed by atoms with Crippen molar-refractivity contribution in [1.29, 1.82) is 0 Å². The second kappa shape index (κ2) is 7.20. The molecule has 5 rings (SSSR count). The van der Waals surface area contributed by atoms with Crippen molar-refractivity contribution in [3.8, 4) is 0 Å². The van der Waals surface area contributed by atoms with E-state index in [-0.39, 0.29) is 25.6 Å². The van der Waals surface area contributed by atoms with Crippen LogP contribution in [0, 0.1) is 0 Å². The molecular weight excluding hydrogens is 376 g/mol. The van der Waals surface area contributed by atoms with Crippen molar-refractivity contribution in [3.63, 3.8) is 0 Å². The molecule has 124 valence electrons. The second-order valence-corrected chi connectivity index (χ2v) is 5.91. The molecule has 0 atom stereocenters. The Kier molecular flexibility index (Phi) is 4.98. The average Bonchev–Trinajstić information content (AvgIpc) is 3.32. The van der Waals surface area contributed by atoms with Gasteiger partial charge in [-0.05, 0) is 72.8 Å². The van der Waals surface area contributed by atoms with E-state index in [1.54, 1.807) is 0 Å². The van der Waals surface area contributed by atoms with Crippen LogP contribution >= 0.6 is 0 Å². The zero-order chi connectivity index (χ0) is 15.9. The first-order valence-corrected chi connectivity index (χ1v) is 7.85. The summed E-state index contributed by atoms with van der Waals surface area (Å²) >= 11 is 0. The smallest absolute Gasteiger partial charge is 0.0659 e. The van der Waals surface area contributed by atoms with Crippen LogP contribution in [-0.4, -0.2) is 19.9 Å². The van der Waals surface area contributed by atoms with Gasteiger partial charge in [-0.2, -0.15) is 0 Å². The summed E-state index contributed by atoms with van der Waals surface area (Å²) in [6.07, 6.45) is 8.05. The summed E-state index contributed by atoms with van der Waals surface area (Å²) in [5, 5.41) is 0. The predicted molar refractivity (Wildman–Crippen MR) is 104 cm³/mol. The van der Waals surface area contributed by atoms with Crippen molar-refractivity contribution in [1.82, 2.24) is 19.9 Å². The molecule has 0 spiro atoms. The first-order chi connectivity index (χ1) is 11.8. The van der Waals surface area contributed by atoms with Crippen LogP contribution in [0.2, 0.25) is 0 Å². The van der Waals surface area contributed by atoms with Crippen molar-refractivity contribution in [2.24, 2.45) is 0 Å². The van der Waals surface area contributed by atoms with E-state index in [2.05, 4.69) is 50.3 Å². The maximum atomic E-state index is 4.62. The zero-order valence-electron chi connectivity index (χ0n) is 14.1. The average molecular weight is 392 g/mol. The van der Waals surface area contributed by atoms with Crippen LogP contribution in [0.25, 0.3) is 52.5 Å². The van der Waals surface area contributed by atoms with Crippen molar-refractivity contribution in [2.75, 3.05) is 0 Å². The van der Waals surface area contributed by atoms with Gasteiger partial charge in [0.15, 0.2) is 0 Å². The third kappa shape index (κ3) is 3.57. The quantitative estimate of drug-likeness (QED) is 0.347. The number of aromatic amines is 2. The summed E-state index contributed by atoms with van der Waals surface area (Å²) in [6.45, 7) is 0. The molecule has 2 aliphatic heterocycles. The van der Waals surface area contributed by atoms with Crippen molar-refractivity contribution < 1.29 is 19.5 Å². The van der Waals surface area contributed by atoms with Crippen LogP contribution < -0.4 is 0 Å². The van der Waals surface area contributed by atoms with Crippen molar-refractivity contribution >= 4 is 46.4 Å². The molecule has 0 fully saturated rings. The number of aromatic nitrogens is 4. The number of H-pyrrole nitrogens is 2. The number of nitrogens with one attached hydrogen (secondary N) is 2. The van der Waals surface area contributed by atoms with E-state index in [1.165, 1.54) is 0 Å². The Bertz CT molecular complexity index is 1080. The predicted octanol–water partition coefficient (Wildman–Crippen LogP) is 5.37. The van der Waals surface area contributed by atoms with Crippen LogP contribution in [0.3, 0.4) is 0 Å². The maximum absolute atomic E-state index is 4.62. The van der Waals surface area contributed by atoms with Gasteiger partial charge in [-0.15, -0.1) is 0 Å². The van der Waals surface area contributed by atoms with E-state index in [0.29, 0.717) is 0 Å². The number of nitrogens with two attached hydrogens (primary N) is 1. The molecule has 0 amide bonds. The summed E-state index contributed by atoms with van der Waals surface area (Å²) in [4.78, 5) is 16.0. The van der Waals surface area contributed by atoms with Gasteiger partial charge in [0, 0.05) is 41.5 Å². The molecule has 0 saturated carbocycles. The Morgan fingerprint density at radius 3 is 1.27 bits per heavy atom. The Morgan fingerprint density at radius 2 is 0.846 bits per heavy atom. The maximum Gasteiger partial charge on any atom is 0.0659 e. The van der Waals surface area contributed by atoms with Crippen LogP contribution in [0.1, 0.15) is 22.8 Å². The van der Waals surface area contributed by atoms with Crippen LogP contribution in [0.4, 0.5) is 0 Å². The normalized spacial score (nSPS) is 11.7. The van der Waals surface area contributed by atoms with E-state index in [9.17, 15) is 0 Å². The monoisotopic (exact) mass is 390 g/mol. The molecule has 26 heavy (non-hydrogen) atoms. The molecule has 2 aliphatic rings. The van der Waals surface area contributed by atoms with E-state index in [1.807, 2.05) is 42.5 Å². The Balaban J connectivity index is 0.000000980. The Morgan fingerprint density at radius 1 is 0.500 bits per heavy atom. The standard InChI is InChI=1S/C20H14N4.H2N.Zn/c1-2-14-10-16-5-6-18(23-16)12-20-8-7-19(24-20)11-17-4-3-15(22-17)9-13(1)21-14;;/h1-12,21-22H;1H2;/q;-1;. The van der Waals surface area contributed by atoms with Gasteiger partial charge < -0.3 is 16.1 Å². The third-order valence-electron chi connectivity index (χ3n) is 4.04. The molecule has 8 bridgehead atoms. The first kappa shape index (κ1) is 18.0. The molecule has 0 radical (unpaired) electrons. The summed E-state index contributed by atoms with van der Waals surface area (Å²) in [5.74, 6) is 0. The SMILES string of the molecule is C1=Cc2cc3ccc(cc4ccc(cc5nc(cc1n2)C=C5)[nH]4)[nH]3.[NH2-].[Zn]. The summed E-state index contributed by atoms with van der Waals surface area (Å²) in [6, 6.07) is 16.4. The van der Waals surface area contributed by atoms with Gasteiger partial charge in [-0.25, -0.2) is 9.97 Å². The number of nitrogens with zero attached hydrogens (tertiary/aromatic N) is 2. The number of hydrogen-bond donors (Lipinski definition) is 2. The summed E-state index contributed by atoms with van der Waals surface area (Å²) in [7, 11) is 0. The molecule has 0 aliphatic carbocycles. The molecule has 4 N–H and O–H groups in total. The Hall–Kier alpha value is -2.82. The van der Waals surface area contributed by atoms with Gasteiger partial charge in [-0.1, -0.05) is 0 Å². The molecule has 0 saturated heterocycles. The van der Waals surface area contributed by atoms with Crippen LogP contribution in [0.15, 0.2) is 48.5 Å². The van der Waals surface area contributed by atoms with Crippen molar-refractivity contribution in [2.45, 2.75) is 0 Å². The fourth-order valence-corrected chi connectivity index (χ4v) is 2.94. The van der Waals surface area contributed by atoms with E-state index >= 15 is 0 Å². The molecule has 0 aromatic carbocycles. The van der Waals surface area contributed by atoms with Gasteiger partial charge >= 0.3 is 0 Å². The Labute approximate surface area is 163 Å².